The lowest BCUT2D eigenvalue weighted by Crippen LogP contribution is -2.55. The van der Waals surface area contributed by atoms with E-state index < -0.39 is 40.8 Å². The lowest BCUT2D eigenvalue weighted by molar-refractivity contribution is -0.137. The third-order valence-electron chi connectivity index (χ3n) is 7.65. The highest BCUT2D eigenvalue weighted by atomic mass is 16.5. The van der Waals surface area contributed by atoms with Crippen LogP contribution in [0.1, 0.15) is 73.3 Å². The quantitative estimate of drug-likeness (QED) is 0.193. The van der Waals surface area contributed by atoms with Crippen molar-refractivity contribution in [1.29, 1.82) is 0 Å². The average molecular weight is 628 g/mol. The standard InChI is InChI=1S/C33H49N5O7/c1-21(2)28(30(43)35-23(4)29(42)36-24-11-9-22(3)10-12-24)37-31(44)32(5,6)17-20-45-33(7,8)16-18-34-25(39)15-19-38-26(40)13-14-27(38)41/h9-14,21,23,28H,15-20H2,1-8H3,(H,34,39)(H,35,43)(H,36,42)(H,37,44)/t23-,28-/m0/s1. The number of anilines is 1. The Hall–Kier alpha value is -4.06. The van der Waals surface area contributed by atoms with Gasteiger partial charge in [-0.05, 0) is 58.6 Å². The van der Waals surface area contributed by atoms with Crippen LogP contribution >= 0.6 is 0 Å². The fraction of sp³-hybridized carbons (Fsp3) is 0.576. The van der Waals surface area contributed by atoms with Crippen LogP contribution in [0.5, 0.6) is 0 Å². The van der Waals surface area contributed by atoms with E-state index in [4.69, 9.17) is 4.74 Å². The lowest BCUT2D eigenvalue weighted by atomic mass is 9.87. The van der Waals surface area contributed by atoms with Crippen LogP contribution in [0.3, 0.4) is 0 Å². The van der Waals surface area contributed by atoms with Gasteiger partial charge < -0.3 is 26.0 Å². The van der Waals surface area contributed by atoms with Gasteiger partial charge in [-0.1, -0.05) is 45.4 Å². The molecular weight excluding hydrogens is 578 g/mol. The van der Waals surface area contributed by atoms with Gasteiger partial charge in [-0.3, -0.25) is 33.7 Å². The SMILES string of the molecule is Cc1ccc(NC(=O)[C@H](C)NC(=O)[C@@H](NC(=O)C(C)(C)CCOC(C)(C)CCNC(=O)CCN2C(=O)C=CC2=O)C(C)C)cc1. The van der Waals surface area contributed by atoms with Crippen molar-refractivity contribution in [3.63, 3.8) is 0 Å². The smallest absolute Gasteiger partial charge is 0.253 e. The minimum Gasteiger partial charge on any atom is -0.375 e. The Labute approximate surface area is 266 Å². The van der Waals surface area contributed by atoms with Crippen LogP contribution in [0.4, 0.5) is 5.69 Å². The van der Waals surface area contributed by atoms with Crippen LogP contribution in [0.2, 0.25) is 0 Å². The zero-order chi connectivity index (χ0) is 33.9. The van der Waals surface area contributed by atoms with Gasteiger partial charge in [0.1, 0.15) is 12.1 Å². The third-order valence-corrected chi connectivity index (χ3v) is 7.65. The number of nitrogens with one attached hydrogen (secondary N) is 4. The maximum absolute atomic E-state index is 13.2. The van der Waals surface area contributed by atoms with Gasteiger partial charge in [0.25, 0.3) is 11.8 Å². The highest BCUT2D eigenvalue weighted by Crippen LogP contribution is 2.24. The van der Waals surface area contributed by atoms with E-state index >= 15 is 0 Å². The molecule has 2 atom stereocenters. The number of hydrogen-bond acceptors (Lipinski definition) is 7. The molecule has 0 unspecified atom stereocenters. The minimum absolute atomic E-state index is 0.0126. The molecule has 0 saturated carbocycles. The summed E-state index contributed by atoms with van der Waals surface area (Å²) in [5.41, 5.74) is 0.236. The molecule has 0 spiro atoms. The van der Waals surface area contributed by atoms with Crippen molar-refractivity contribution in [2.75, 3.05) is 25.0 Å². The van der Waals surface area contributed by atoms with Gasteiger partial charge >= 0.3 is 0 Å². The van der Waals surface area contributed by atoms with E-state index in [0.29, 0.717) is 25.1 Å². The van der Waals surface area contributed by atoms with Gasteiger partial charge in [-0.15, -0.1) is 0 Å². The van der Waals surface area contributed by atoms with E-state index in [1.54, 1.807) is 32.9 Å². The normalized spacial score (nSPS) is 14.7. The van der Waals surface area contributed by atoms with E-state index in [1.807, 2.05) is 46.8 Å². The molecule has 1 aromatic carbocycles. The van der Waals surface area contributed by atoms with Crippen molar-refractivity contribution in [2.24, 2.45) is 11.3 Å². The Kier molecular flexibility index (Phi) is 13.5. The van der Waals surface area contributed by atoms with Crippen molar-refractivity contribution < 1.29 is 33.5 Å². The number of rotatable bonds is 17. The zero-order valence-corrected chi connectivity index (χ0v) is 27.7. The van der Waals surface area contributed by atoms with Crippen LogP contribution in [0.25, 0.3) is 0 Å². The summed E-state index contributed by atoms with van der Waals surface area (Å²) in [4.78, 5) is 75.4. The van der Waals surface area contributed by atoms with Gasteiger partial charge in [-0.2, -0.15) is 0 Å². The zero-order valence-electron chi connectivity index (χ0n) is 27.7. The molecule has 0 fully saturated rings. The summed E-state index contributed by atoms with van der Waals surface area (Å²) in [5.74, 6) is -2.47. The second-order valence-electron chi connectivity index (χ2n) is 13.0. The molecule has 1 aliphatic heterocycles. The largest absolute Gasteiger partial charge is 0.375 e. The summed E-state index contributed by atoms with van der Waals surface area (Å²) in [7, 11) is 0. The molecule has 248 valence electrons. The Morgan fingerprint density at radius 1 is 0.867 bits per heavy atom. The first-order valence-electron chi connectivity index (χ1n) is 15.3. The number of hydrogen-bond donors (Lipinski definition) is 4. The van der Waals surface area contributed by atoms with Crippen LogP contribution < -0.4 is 21.3 Å². The molecule has 6 amide bonds. The maximum atomic E-state index is 13.2. The minimum atomic E-state index is -0.856. The molecule has 0 saturated heterocycles. The molecule has 0 aromatic heterocycles. The highest BCUT2D eigenvalue weighted by molar-refractivity contribution is 6.13. The van der Waals surface area contributed by atoms with Crippen molar-refractivity contribution in [2.45, 2.75) is 92.3 Å². The Bertz CT molecular complexity index is 1250. The first-order valence-corrected chi connectivity index (χ1v) is 15.3. The predicted octanol–water partition coefficient (Wildman–Crippen LogP) is 2.61. The number of amides is 6. The second kappa shape index (κ2) is 16.3. The highest BCUT2D eigenvalue weighted by Gasteiger charge is 2.34. The molecule has 1 aromatic rings. The molecule has 12 nitrogen and oxygen atoms in total. The van der Waals surface area contributed by atoms with Crippen molar-refractivity contribution in [3.8, 4) is 0 Å². The summed E-state index contributed by atoms with van der Waals surface area (Å²) in [6.07, 6.45) is 3.25. The van der Waals surface area contributed by atoms with Crippen molar-refractivity contribution in [1.82, 2.24) is 20.9 Å². The van der Waals surface area contributed by atoms with Gasteiger partial charge in [0.15, 0.2) is 0 Å². The number of aryl methyl sites for hydroxylation is 1. The molecule has 0 radical (unpaired) electrons. The molecule has 2 rings (SSSR count). The third kappa shape index (κ3) is 12.1. The first-order chi connectivity index (χ1) is 20.9. The van der Waals surface area contributed by atoms with Crippen LogP contribution in [0, 0.1) is 18.3 Å². The maximum Gasteiger partial charge on any atom is 0.253 e. The molecular formula is C33H49N5O7. The lowest BCUT2D eigenvalue weighted by Gasteiger charge is -2.31. The van der Waals surface area contributed by atoms with Crippen LogP contribution in [-0.4, -0.2) is 77.7 Å². The molecule has 4 N–H and O–H groups in total. The van der Waals surface area contributed by atoms with Gasteiger partial charge in [-0.25, -0.2) is 0 Å². The number of ether oxygens (including phenoxy) is 1. The monoisotopic (exact) mass is 627 g/mol. The fourth-order valence-electron chi connectivity index (χ4n) is 4.35. The van der Waals surface area contributed by atoms with E-state index in [-0.39, 0.29) is 43.2 Å². The predicted molar refractivity (Wildman–Crippen MR) is 171 cm³/mol. The van der Waals surface area contributed by atoms with Crippen molar-refractivity contribution >= 4 is 41.1 Å². The number of carbonyl (C=O) groups is 6. The Balaban J connectivity index is 1.78. The van der Waals surface area contributed by atoms with Gasteiger partial charge in [0.2, 0.25) is 23.6 Å². The number of imide groups is 1. The van der Waals surface area contributed by atoms with Crippen molar-refractivity contribution in [3.05, 3.63) is 42.0 Å². The summed E-state index contributed by atoms with van der Waals surface area (Å²) in [6.45, 7) is 15.1. The van der Waals surface area contributed by atoms with E-state index in [1.165, 1.54) is 12.2 Å². The topological polar surface area (TPSA) is 163 Å². The summed E-state index contributed by atoms with van der Waals surface area (Å²) < 4.78 is 6.04. The van der Waals surface area contributed by atoms with E-state index in [9.17, 15) is 28.8 Å². The number of benzene rings is 1. The summed E-state index contributed by atoms with van der Waals surface area (Å²) in [5, 5.41) is 11.1. The average Bonchev–Trinajstić information content (AvgIpc) is 3.27. The Morgan fingerprint density at radius 2 is 1.47 bits per heavy atom. The Morgan fingerprint density at radius 3 is 2.04 bits per heavy atom. The molecule has 12 heteroatoms. The summed E-state index contributed by atoms with van der Waals surface area (Å²) in [6, 6.07) is 5.67. The fourth-order valence-corrected chi connectivity index (χ4v) is 4.35. The van der Waals surface area contributed by atoms with Crippen LogP contribution in [-0.2, 0) is 33.5 Å². The van der Waals surface area contributed by atoms with Gasteiger partial charge in [0.05, 0.1) is 5.60 Å². The van der Waals surface area contributed by atoms with Gasteiger partial charge in [0, 0.05) is 49.4 Å². The van der Waals surface area contributed by atoms with Crippen LogP contribution in [0.15, 0.2) is 36.4 Å². The molecule has 0 aliphatic carbocycles. The van der Waals surface area contributed by atoms with E-state index in [2.05, 4.69) is 21.3 Å². The molecule has 0 bridgehead atoms. The molecule has 1 heterocycles. The van der Waals surface area contributed by atoms with E-state index in [0.717, 1.165) is 10.5 Å². The summed E-state index contributed by atoms with van der Waals surface area (Å²) >= 11 is 0. The second-order valence-corrected chi connectivity index (χ2v) is 13.0. The first kappa shape index (κ1) is 37.1. The number of carbonyl (C=O) groups excluding carboxylic acids is 6. The number of nitrogens with zero attached hydrogens (tertiary/aromatic N) is 1. The molecule has 45 heavy (non-hydrogen) atoms. The molecule has 1 aliphatic rings.